The highest BCUT2D eigenvalue weighted by atomic mass is 35.5. The zero-order chi connectivity index (χ0) is 14.1. The maximum absolute atomic E-state index is 13.2. The van der Waals surface area contributed by atoms with Crippen LogP contribution in [0.3, 0.4) is 0 Å². The van der Waals surface area contributed by atoms with Gasteiger partial charge in [-0.05, 0) is 29.8 Å². The van der Waals surface area contributed by atoms with Gasteiger partial charge in [0, 0.05) is 12.6 Å². The van der Waals surface area contributed by atoms with E-state index in [2.05, 4.69) is 14.1 Å². The second-order valence-electron chi connectivity index (χ2n) is 4.23. The van der Waals surface area contributed by atoms with Gasteiger partial charge >= 0.3 is 0 Å². The summed E-state index contributed by atoms with van der Waals surface area (Å²) in [6, 6.07) is 7.42. The first kappa shape index (κ1) is 13.1. The van der Waals surface area contributed by atoms with E-state index < -0.39 is 5.82 Å². The molecule has 2 N–H and O–H groups in total. The van der Waals surface area contributed by atoms with Crippen LogP contribution in [-0.2, 0) is 6.54 Å². The Bertz CT molecular complexity index is 757. The van der Waals surface area contributed by atoms with Crippen molar-refractivity contribution in [2.24, 2.45) is 0 Å². The van der Waals surface area contributed by atoms with Gasteiger partial charge in [0.25, 0.3) is 0 Å². The van der Waals surface area contributed by atoms with Crippen molar-refractivity contribution in [1.82, 2.24) is 8.75 Å². The average Bonchev–Trinajstić information content (AvgIpc) is 2.85. The smallest absolute Gasteiger partial charge is 0.129 e. The SMILES string of the molecule is Oc1cc(F)cc(CNc2c(Cl)ccc3nsnc23)c1. The molecule has 0 fully saturated rings. The monoisotopic (exact) mass is 309 g/mol. The summed E-state index contributed by atoms with van der Waals surface area (Å²) in [6.07, 6.45) is 0. The minimum atomic E-state index is -0.485. The lowest BCUT2D eigenvalue weighted by atomic mass is 10.2. The van der Waals surface area contributed by atoms with Crippen LogP contribution in [0, 0.1) is 5.82 Å². The van der Waals surface area contributed by atoms with Gasteiger partial charge in [0.1, 0.15) is 22.6 Å². The second-order valence-corrected chi connectivity index (χ2v) is 5.16. The van der Waals surface area contributed by atoms with Crippen LogP contribution >= 0.6 is 23.3 Å². The number of fused-ring (bicyclic) bond motifs is 1. The summed E-state index contributed by atoms with van der Waals surface area (Å²) < 4.78 is 21.5. The van der Waals surface area contributed by atoms with Gasteiger partial charge in [-0.15, -0.1) is 0 Å². The molecule has 0 amide bonds. The lowest BCUT2D eigenvalue weighted by Gasteiger charge is -2.09. The molecule has 102 valence electrons. The molecule has 0 bridgehead atoms. The van der Waals surface area contributed by atoms with Gasteiger partial charge in [-0.1, -0.05) is 11.6 Å². The zero-order valence-corrected chi connectivity index (χ0v) is 11.7. The lowest BCUT2D eigenvalue weighted by Crippen LogP contribution is -2.01. The van der Waals surface area contributed by atoms with Crippen molar-refractivity contribution in [1.29, 1.82) is 0 Å². The van der Waals surface area contributed by atoms with Crippen LogP contribution < -0.4 is 5.32 Å². The van der Waals surface area contributed by atoms with Crippen molar-refractivity contribution in [3.05, 3.63) is 46.7 Å². The minimum Gasteiger partial charge on any atom is -0.508 e. The topological polar surface area (TPSA) is 58.0 Å². The summed E-state index contributed by atoms with van der Waals surface area (Å²) in [5.74, 6) is -0.595. The van der Waals surface area contributed by atoms with Gasteiger partial charge in [-0.25, -0.2) is 4.39 Å². The Morgan fingerprint density at radius 2 is 2.10 bits per heavy atom. The molecule has 0 aliphatic heterocycles. The molecular weight excluding hydrogens is 301 g/mol. The fourth-order valence-corrected chi connectivity index (χ4v) is 2.68. The van der Waals surface area contributed by atoms with E-state index in [-0.39, 0.29) is 5.75 Å². The third kappa shape index (κ3) is 2.52. The summed E-state index contributed by atoms with van der Waals surface area (Å²) in [5, 5.41) is 13.0. The van der Waals surface area contributed by atoms with E-state index in [4.69, 9.17) is 11.6 Å². The van der Waals surface area contributed by atoms with Gasteiger partial charge in [0.2, 0.25) is 0 Å². The molecule has 0 aliphatic rings. The summed E-state index contributed by atoms with van der Waals surface area (Å²) >= 11 is 7.24. The van der Waals surface area contributed by atoms with E-state index >= 15 is 0 Å². The summed E-state index contributed by atoms with van der Waals surface area (Å²) in [5.41, 5.74) is 2.70. The summed E-state index contributed by atoms with van der Waals surface area (Å²) in [6.45, 7) is 0.321. The first-order valence-electron chi connectivity index (χ1n) is 5.76. The molecule has 20 heavy (non-hydrogen) atoms. The Labute approximate surface area is 123 Å². The van der Waals surface area contributed by atoms with Gasteiger partial charge in [-0.3, -0.25) is 0 Å². The fraction of sp³-hybridized carbons (Fsp3) is 0.0769. The number of benzene rings is 2. The quantitative estimate of drug-likeness (QED) is 0.772. The third-order valence-corrected chi connectivity index (χ3v) is 3.65. The molecule has 0 radical (unpaired) electrons. The number of nitrogens with zero attached hydrogens (tertiary/aromatic N) is 2. The molecule has 0 saturated carbocycles. The maximum atomic E-state index is 13.2. The molecule has 0 aliphatic carbocycles. The predicted octanol–water partition coefficient (Wildman–Crippen LogP) is 3.80. The number of nitrogens with one attached hydrogen (secondary N) is 1. The molecule has 1 aromatic heterocycles. The molecule has 0 spiro atoms. The van der Waals surface area contributed by atoms with Crippen LogP contribution in [0.5, 0.6) is 5.75 Å². The number of aromatic hydroxyl groups is 1. The molecule has 3 aromatic rings. The number of phenols is 1. The third-order valence-electron chi connectivity index (χ3n) is 2.79. The Balaban J connectivity index is 1.90. The highest BCUT2D eigenvalue weighted by Crippen LogP contribution is 2.30. The van der Waals surface area contributed by atoms with Gasteiger partial charge in [0.05, 0.1) is 22.4 Å². The normalized spacial score (nSPS) is 10.9. The molecule has 7 heteroatoms. The number of anilines is 1. The van der Waals surface area contributed by atoms with Crippen LogP contribution in [0.2, 0.25) is 5.02 Å². The number of halogens is 2. The van der Waals surface area contributed by atoms with Crippen LogP contribution in [0.1, 0.15) is 5.56 Å². The molecule has 0 atom stereocenters. The van der Waals surface area contributed by atoms with Gasteiger partial charge in [-0.2, -0.15) is 8.75 Å². The fourth-order valence-electron chi connectivity index (χ4n) is 1.92. The minimum absolute atomic E-state index is 0.110. The van der Waals surface area contributed by atoms with Gasteiger partial charge in [0.15, 0.2) is 0 Å². The predicted molar refractivity (Wildman–Crippen MR) is 77.8 cm³/mol. The first-order chi connectivity index (χ1) is 9.63. The largest absolute Gasteiger partial charge is 0.508 e. The van der Waals surface area contributed by atoms with Crippen LogP contribution in [0.4, 0.5) is 10.1 Å². The second kappa shape index (κ2) is 5.22. The lowest BCUT2D eigenvalue weighted by molar-refractivity contribution is 0.468. The van der Waals surface area contributed by atoms with E-state index in [1.54, 1.807) is 12.1 Å². The number of hydrogen-bond donors (Lipinski definition) is 2. The molecule has 2 aromatic carbocycles. The van der Waals surface area contributed by atoms with Crippen LogP contribution in [0.25, 0.3) is 11.0 Å². The van der Waals surface area contributed by atoms with Crippen molar-refractivity contribution in [2.45, 2.75) is 6.54 Å². The molecule has 3 rings (SSSR count). The van der Waals surface area contributed by atoms with E-state index in [1.165, 1.54) is 12.1 Å². The summed E-state index contributed by atoms with van der Waals surface area (Å²) in [4.78, 5) is 0. The van der Waals surface area contributed by atoms with E-state index in [1.807, 2.05) is 0 Å². The van der Waals surface area contributed by atoms with Crippen molar-refractivity contribution in [2.75, 3.05) is 5.32 Å². The molecule has 0 saturated heterocycles. The highest BCUT2D eigenvalue weighted by molar-refractivity contribution is 7.00. The maximum Gasteiger partial charge on any atom is 0.129 e. The Hall–Kier alpha value is -1.92. The van der Waals surface area contributed by atoms with Crippen LogP contribution in [-0.4, -0.2) is 13.9 Å². The standard InChI is InChI=1S/C13H9ClFN3OS/c14-10-1-2-11-13(18-20-17-11)12(10)16-6-7-3-8(15)5-9(19)4-7/h1-5,16,19H,6H2. The summed E-state index contributed by atoms with van der Waals surface area (Å²) in [7, 11) is 0. The number of hydrogen-bond acceptors (Lipinski definition) is 5. The number of phenolic OH excluding ortho intramolecular Hbond substituents is 1. The van der Waals surface area contributed by atoms with Crippen molar-refractivity contribution in [3.8, 4) is 5.75 Å². The Kier molecular flexibility index (Phi) is 3.42. The molecular formula is C13H9ClFN3OS. The zero-order valence-electron chi connectivity index (χ0n) is 10.1. The van der Waals surface area contributed by atoms with Crippen LogP contribution in [0.15, 0.2) is 30.3 Å². The van der Waals surface area contributed by atoms with Gasteiger partial charge < -0.3 is 10.4 Å². The first-order valence-corrected chi connectivity index (χ1v) is 6.87. The van der Waals surface area contributed by atoms with E-state index in [9.17, 15) is 9.50 Å². The van der Waals surface area contributed by atoms with E-state index in [0.29, 0.717) is 28.3 Å². The Morgan fingerprint density at radius 1 is 1.25 bits per heavy atom. The highest BCUT2D eigenvalue weighted by Gasteiger charge is 2.10. The molecule has 0 unspecified atom stereocenters. The van der Waals surface area contributed by atoms with Crippen molar-refractivity contribution < 1.29 is 9.50 Å². The Morgan fingerprint density at radius 3 is 2.90 bits per heavy atom. The average molecular weight is 310 g/mol. The van der Waals surface area contributed by atoms with Crippen molar-refractivity contribution in [3.63, 3.8) is 0 Å². The van der Waals surface area contributed by atoms with Crippen molar-refractivity contribution >= 4 is 40.0 Å². The molecule has 4 nitrogen and oxygen atoms in total. The number of rotatable bonds is 3. The number of aromatic nitrogens is 2. The van der Waals surface area contributed by atoms with E-state index in [0.717, 1.165) is 23.3 Å². The molecule has 1 heterocycles.